The molecule has 6 heteroatoms. The van der Waals surface area contributed by atoms with E-state index in [-0.39, 0.29) is 11.8 Å². The lowest BCUT2D eigenvalue weighted by molar-refractivity contribution is 0.0951. The number of carbonyl (C=O) groups is 1. The molecule has 3 N–H and O–H groups in total. The van der Waals surface area contributed by atoms with Crippen molar-refractivity contribution in [3.8, 4) is 0 Å². The van der Waals surface area contributed by atoms with Crippen LogP contribution in [0.3, 0.4) is 0 Å². The molecule has 0 unspecified atom stereocenters. The first-order chi connectivity index (χ1) is 9.06. The molecular weight excluding hydrogens is 260 g/mol. The molecule has 2 rings (SSSR count). The summed E-state index contributed by atoms with van der Waals surface area (Å²) in [5.74, 6) is 0.454. The van der Waals surface area contributed by atoms with Crippen molar-refractivity contribution in [3.63, 3.8) is 0 Å². The van der Waals surface area contributed by atoms with E-state index in [4.69, 9.17) is 5.73 Å². The molecule has 0 aliphatic heterocycles. The van der Waals surface area contributed by atoms with Gasteiger partial charge in [-0.1, -0.05) is 13.8 Å². The average Bonchev–Trinajstić information content (AvgIpc) is 2.88. The molecule has 0 aromatic carbocycles. The lowest BCUT2D eigenvalue weighted by Crippen LogP contribution is -2.23. The Morgan fingerprint density at radius 3 is 2.89 bits per heavy atom. The smallest absolute Gasteiger partial charge is 0.251 e. The van der Waals surface area contributed by atoms with Crippen molar-refractivity contribution in [1.29, 1.82) is 0 Å². The molecular formula is C13H16N4OS. The molecule has 0 bridgehead atoms. The summed E-state index contributed by atoms with van der Waals surface area (Å²) in [5, 5.41) is 2.84. The summed E-state index contributed by atoms with van der Waals surface area (Å²) in [6, 6.07) is 3.37. The number of anilines is 1. The van der Waals surface area contributed by atoms with Crippen LogP contribution in [0, 0.1) is 0 Å². The van der Waals surface area contributed by atoms with Crippen LogP contribution in [0.1, 0.15) is 40.7 Å². The Morgan fingerprint density at radius 2 is 2.26 bits per heavy atom. The number of carbonyl (C=O) groups excluding carboxylic acids is 1. The van der Waals surface area contributed by atoms with Crippen molar-refractivity contribution in [1.82, 2.24) is 15.3 Å². The molecule has 5 nitrogen and oxygen atoms in total. The number of nitrogen functional groups attached to an aromatic ring is 1. The second-order valence-electron chi connectivity index (χ2n) is 4.51. The molecule has 2 aromatic rings. The van der Waals surface area contributed by atoms with Gasteiger partial charge in [-0.3, -0.25) is 9.78 Å². The van der Waals surface area contributed by atoms with E-state index in [1.54, 1.807) is 23.8 Å². The largest absolute Gasteiger partial charge is 0.384 e. The van der Waals surface area contributed by atoms with Crippen LogP contribution in [0.25, 0.3) is 0 Å². The number of aromatic nitrogens is 2. The van der Waals surface area contributed by atoms with E-state index >= 15 is 0 Å². The number of nitrogens with zero attached hydrogens (tertiary/aromatic N) is 2. The summed E-state index contributed by atoms with van der Waals surface area (Å²) >= 11 is 1.51. The predicted molar refractivity (Wildman–Crippen MR) is 76.0 cm³/mol. The van der Waals surface area contributed by atoms with E-state index in [2.05, 4.69) is 15.3 Å². The second-order valence-corrected chi connectivity index (χ2v) is 5.48. The topological polar surface area (TPSA) is 80.9 Å². The number of hydrogen-bond acceptors (Lipinski definition) is 5. The third-order valence-corrected chi connectivity index (χ3v) is 3.40. The Morgan fingerprint density at radius 1 is 1.47 bits per heavy atom. The molecule has 0 radical (unpaired) electrons. The number of rotatable bonds is 4. The minimum atomic E-state index is -0.149. The normalized spacial score (nSPS) is 10.7. The summed E-state index contributed by atoms with van der Waals surface area (Å²) in [4.78, 5) is 21.2. The van der Waals surface area contributed by atoms with Gasteiger partial charge in [-0.2, -0.15) is 0 Å². The van der Waals surface area contributed by atoms with Crippen molar-refractivity contribution in [2.45, 2.75) is 26.3 Å². The van der Waals surface area contributed by atoms with Crippen molar-refractivity contribution in [2.75, 3.05) is 5.73 Å². The van der Waals surface area contributed by atoms with Crippen molar-refractivity contribution in [3.05, 3.63) is 40.0 Å². The maximum Gasteiger partial charge on any atom is 0.251 e. The van der Waals surface area contributed by atoms with Crippen molar-refractivity contribution in [2.24, 2.45) is 0 Å². The highest BCUT2D eigenvalue weighted by molar-refractivity contribution is 7.09. The van der Waals surface area contributed by atoms with Gasteiger partial charge in [-0.15, -0.1) is 11.3 Å². The van der Waals surface area contributed by atoms with Crippen LogP contribution in [0.5, 0.6) is 0 Å². The molecule has 100 valence electrons. The third kappa shape index (κ3) is 3.51. The fourth-order valence-electron chi connectivity index (χ4n) is 1.60. The molecule has 19 heavy (non-hydrogen) atoms. The summed E-state index contributed by atoms with van der Waals surface area (Å²) in [6.45, 7) is 4.50. The van der Waals surface area contributed by atoms with Crippen LogP contribution in [-0.4, -0.2) is 15.9 Å². The first-order valence-electron chi connectivity index (χ1n) is 5.99. The van der Waals surface area contributed by atoms with E-state index < -0.39 is 0 Å². The van der Waals surface area contributed by atoms with Gasteiger partial charge in [0.25, 0.3) is 5.91 Å². The molecule has 0 saturated heterocycles. The molecule has 1 amide bonds. The first-order valence-corrected chi connectivity index (χ1v) is 6.87. The third-order valence-electron chi connectivity index (χ3n) is 2.63. The molecule has 0 aliphatic carbocycles. The first kappa shape index (κ1) is 13.5. The zero-order valence-electron chi connectivity index (χ0n) is 10.9. The molecule has 0 spiro atoms. The number of hydrogen-bond donors (Lipinski definition) is 2. The van der Waals surface area contributed by atoms with Gasteiger partial charge in [-0.25, -0.2) is 4.98 Å². The van der Waals surface area contributed by atoms with Crippen LogP contribution in [0.2, 0.25) is 0 Å². The van der Waals surface area contributed by atoms with Gasteiger partial charge in [0.1, 0.15) is 5.82 Å². The Balaban J connectivity index is 2.10. The summed E-state index contributed by atoms with van der Waals surface area (Å²) < 4.78 is 0. The van der Waals surface area contributed by atoms with Gasteiger partial charge in [0.2, 0.25) is 0 Å². The Kier molecular flexibility index (Phi) is 4.11. The number of pyridine rings is 1. The van der Waals surface area contributed by atoms with Gasteiger partial charge in [0, 0.05) is 22.3 Å². The SMILES string of the molecule is CC(C)c1cc(C(=O)NCc2cncs2)cc(N)n1. The van der Waals surface area contributed by atoms with E-state index in [9.17, 15) is 4.79 Å². The molecule has 2 aromatic heterocycles. The van der Waals surface area contributed by atoms with E-state index in [1.807, 2.05) is 13.8 Å². The summed E-state index contributed by atoms with van der Waals surface area (Å²) in [6.07, 6.45) is 1.74. The van der Waals surface area contributed by atoms with Gasteiger partial charge in [0.05, 0.1) is 12.1 Å². The number of thiazole rings is 1. The quantitative estimate of drug-likeness (QED) is 0.896. The fraction of sp³-hybridized carbons (Fsp3) is 0.308. The van der Waals surface area contributed by atoms with Crippen LogP contribution >= 0.6 is 11.3 Å². The predicted octanol–water partition coefficient (Wildman–Crippen LogP) is 2.17. The minimum Gasteiger partial charge on any atom is -0.384 e. The van der Waals surface area contributed by atoms with Crippen LogP contribution < -0.4 is 11.1 Å². The maximum absolute atomic E-state index is 12.1. The standard InChI is InChI=1S/C13H16N4OS/c1-8(2)11-3-9(4-12(14)17-11)13(18)16-6-10-5-15-7-19-10/h3-5,7-8H,6H2,1-2H3,(H2,14,17)(H,16,18). The zero-order valence-corrected chi connectivity index (χ0v) is 11.7. The Hall–Kier alpha value is -1.95. The van der Waals surface area contributed by atoms with Gasteiger partial charge < -0.3 is 11.1 Å². The van der Waals surface area contributed by atoms with Crippen LogP contribution in [0.15, 0.2) is 23.8 Å². The molecule has 0 aliphatic rings. The number of nitrogens with two attached hydrogens (primary N) is 1. The van der Waals surface area contributed by atoms with E-state index in [0.717, 1.165) is 10.6 Å². The van der Waals surface area contributed by atoms with Gasteiger partial charge in [-0.05, 0) is 18.1 Å². The lowest BCUT2D eigenvalue weighted by Gasteiger charge is -2.09. The Bertz CT molecular complexity index is 566. The molecule has 0 saturated carbocycles. The van der Waals surface area contributed by atoms with E-state index in [1.165, 1.54) is 11.3 Å². The summed E-state index contributed by atoms with van der Waals surface area (Å²) in [7, 11) is 0. The number of amides is 1. The monoisotopic (exact) mass is 276 g/mol. The van der Waals surface area contributed by atoms with Gasteiger partial charge in [0.15, 0.2) is 0 Å². The maximum atomic E-state index is 12.1. The van der Waals surface area contributed by atoms with Crippen LogP contribution in [0.4, 0.5) is 5.82 Å². The highest BCUT2D eigenvalue weighted by atomic mass is 32.1. The average molecular weight is 276 g/mol. The minimum absolute atomic E-state index is 0.149. The fourth-order valence-corrected chi connectivity index (χ4v) is 2.13. The molecule has 0 fully saturated rings. The van der Waals surface area contributed by atoms with Crippen molar-refractivity contribution < 1.29 is 4.79 Å². The molecule has 2 heterocycles. The van der Waals surface area contributed by atoms with Crippen LogP contribution in [-0.2, 0) is 6.54 Å². The van der Waals surface area contributed by atoms with Crippen molar-refractivity contribution >= 4 is 23.1 Å². The zero-order chi connectivity index (χ0) is 13.8. The molecule has 0 atom stereocenters. The van der Waals surface area contributed by atoms with E-state index in [0.29, 0.717) is 17.9 Å². The Labute approximate surface area is 115 Å². The highest BCUT2D eigenvalue weighted by Crippen LogP contribution is 2.16. The second kappa shape index (κ2) is 5.79. The van der Waals surface area contributed by atoms with Gasteiger partial charge >= 0.3 is 0 Å². The summed E-state index contributed by atoms with van der Waals surface area (Å²) in [5.41, 5.74) is 8.83. The lowest BCUT2D eigenvalue weighted by atomic mass is 10.1. The highest BCUT2D eigenvalue weighted by Gasteiger charge is 2.11. The number of nitrogens with one attached hydrogen (secondary N) is 1.